The Kier molecular flexibility index (Phi) is 8.46. The number of esters is 1. The monoisotopic (exact) mass is 650 g/mol. The Balaban J connectivity index is 1.96. The zero-order valence-electron chi connectivity index (χ0n) is 21.8. The number of fused-ring (bicyclic) bond motifs is 1. The number of carbonyl (C=O) groups excluding carboxylic acids is 1. The fourth-order valence-corrected chi connectivity index (χ4v) is 6.19. The summed E-state index contributed by atoms with van der Waals surface area (Å²) in [6.07, 6.45) is 1.78. The van der Waals surface area contributed by atoms with Crippen LogP contribution in [0.1, 0.15) is 31.0 Å². The highest BCUT2D eigenvalue weighted by Crippen LogP contribution is 2.36. The van der Waals surface area contributed by atoms with Crippen LogP contribution in [0.4, 0.5) is 0 Å². The molecule has 0 unspecified atom stereocenters. The molecule has 11 heteroatoms. The number of benzene rings is 2. The maximum Gasteiger partial charge on any atom is 0.338 e. The third-order valence-electron chi connectivity index (χ3n) is 5.99. The summed E-state index contributed by atoms with van der Waals surface area (Å²) in [5, 5.41) is 0. The zero-order valence-corrected chi connectivity index (χ0v) is 24.8. The predicted octanol–water partition coefficient (Wildman–Crippen LogP) is 3.44. The topological polar surface area (TPSA) is 97.6 Å². The summed E-state index contributed by atoms with van der Waals surface area (Å²) in [7, 11) is 6.22. The van der Waals surface area contributed by atoms with Crippen molar-refractivity contribution >= 4 is 46.0 Å². The van der Waals surface area contributed by atoms with Gasteiger partial charge in [0.25, 0.3) is 5.56 Å². The molecule has 9 nitrogen and oxygen atoms in total. The molecular weight excluding hydrogens is 623 g/mol. The zero-order chi connectivity index (χ0) is 27.6. The van der Waals surface area contributed by atoms with Gasteiger partial charge in [-0.2, -0.15) is 0 Å². The van der Waals surface area contributed by atoms with Crippen LogP contribution in [-0.2, 0) is 9.53 Å². The summed E-state index contributed by atoms with van der Waals surface area (Å²) in [5.41, 5.74) is 1.91. The number of halogens is 1. The lowest BCUT2D eigenvalue weighted by molar-refractivity contribution is -0.139. The van der Waals surface area contributed by atoms with E-state index in [1.54, 1.807) is 65.5 Å². The van der Waals surface area contributed by atoms with Gasteiger partial charge in [-0.05, 0) is 77.9 Å². The summed E-state index contributed by atoms with van der Waals surface area (Å²) in [6, 6.07) is 8.25. The maximum absolute atomic E-state index is 13.9. The number of allylic oxidation sites excluding steroid dienone is 1. The molecule has 38 heavy (non-hydrogen) atoms. The number of ether oxygens (including phenoxy) is 5. The van der Waals surface area contributed by atoms with Crippen LogP contribution in [0.15, 0.2) is 51.4 Å². The number of rotatable bonds is 8. The van der Waals surface area contributed by atoms with Gasteiger partial charge in [0.2, 0.25) is 0 Å². The molecule has 2 aromatic carbocycles. The lowest BCUT2D eigenvalue weighted by atomic mass is 9.95. The molecule has 0 amide bonds. The highest BCUT2D eigenvalue weighted by molar-refractivity contribution is 14.1. The molecule has 4 rings (SSSR count). The third kappa shape index (κ3) is 5.04. The number of thiazole rings is 1. The molecule has 0 fully saturated rings. The van der Waals surface area contributed by atoms with Crippen molar-refractivity contribution in [1.29, 1.82) is 0 Å². The first kappa shape index (κ1) is 27.7. The first-order chi connectivity index (χ1) is 18.3. The number of methoxy groups -OCH3 is 4. The van der Waals surface area contributed by atoms with Gasteiger partial charge in [-0.3, -0.25) is 9.36 Å². The number of hydrogen-bond acceptors (Lipinski definition) is 9. The van der Waals surface area contributed by atoms with Crippen LogP contribution in [-0.4, -0.2) is 45.6 Å². The quantitative estimate of drug-likeness (QED) is 0.272. The van der Waals surface area contributed by atoms with E-state index in [-0.39, 0.29) is 12.2 Å². The van der Waals surface area contributed by atoms with Crippen molar-refractivity contribution in [3.8, 4) is 23.0 Å². The average Bonchev–Trinajstić information content (AvgIpc) is 3.21. The first-order valence-corrected chi connectivity index (χ1v) is 13.5. The van der Waals surface area contributed by atoms with Crippen molar-refractivity contribution in [2.75, 3.05) is 35.0 Å². The van der Waals surface area contributed by atoms with E-state index in [9.17, 15) is 9.59 Å². The van der Waals surface area contributed by atoms with Crippen molar-refractivity contribution in [1.82, 2.24) is 4.57 Å². The molecule has 1 aromatic heterocycles. The first-order valence-electron chi connectivity index (χ1n) is 11.6. The van der Waals surface area contributed by atoms with Crippen LogP contribution in [0.25, 0.3) is 6.08 Å². The van der Waals surface area contributed by atoms with Crippen molar-refractivity contribution < 1.29 is 28.5 Å². The minimum Gasteiger partial charge on any atom is -0.493 e. The van der Waals surface area contributed by atoms with Crippen LogP contribution >= 0.6 is 33.9 Å². The lowest BCUT2D eigenvalue weighted by Gasteiger charge is -2.25. The Morgan fingerprint density at radius 1 is 1.05 bits per heavy atom. The van der Waals surface area contributed by atoms with Gasteiger partial charge in [0.1, 0.15) is 0 Å². The standard InChI is InChI=1S/C27H27IN2O7S/c1-7-37-26(32)22-14(2)29-27-30(23(22)16-8-9-18(33-3)19(13-16)34-4)25(31)21(38-27)12-15-10-17(28)24(36-6)20(11-15)35-5/h8-13,23H,7H2,1-6H3/b21-12-/t23-/m0/s1. The van der Waals surface area contributed by atoms with Crippen LogP contribution in [0.5, 0.6) is 23.0 Å². The largest absolute Gasteiger partial charge is 0.493 e. The Labute approximate surface area is 237 Å². The molecular formula is C27H27IN2O7S. The average molecular weight is 650 g/mol. The molecule has 0 aliphatic carbocycles. The normalized spacial score (nSPS) is 15.0. The fraction of sp³-hybridized carbons (Fsp3) is 0.296. The summed E-state index contributed by atoms with van der Waals surface area (Å²) in [4.78, 5) is 32.1. The minimum atomic E-state index is -0.766. The van der Waals surface area contributed by atoms with Crippen LogP contribution < -0.4 is 33.8 Å². The molecule has 0 radical (unpaired) electrons. The van der Waals surface area contributed by atoms with E-state index in [1.165, 1.54) is 23.0 Å². The SMILES string of the molecule is CCOC(=O)C1=C(C)N=c2s/c(=C\c3cc(I)c(OC)c(OC)c3)c(=O)n2[C@H]1c1ccc(OC)c(OC)c1. The minimum absolute atomic E-state index is 0.191. The van der Waals surface area contributed by atoms with Crippen molar-refractivity contribution in [3.63, 3.8) is 0 Å². The summed E-state index contributed by atoms with van der Waals surface area (Å²) in [6.45, 7) is 3.67. The molecule has 1 aliphatic rings. The molecule has 0 saturated heterocycles. The summed E-state index contributed by atoms with van der Waals surface area (Å²) < 4.78 is 30.0. The van der Waals surface area contributed by atoms with Crippen molar-refractivity contribution in [2.24, 2.45) is 4.99 Å². The van der Waals surface area contributed by atoms with E-state index in [4.69, 9.17) is 23.7 Å². The fourth-order valence-electron chi connectivity index (χ4n) is 4.30. The highest BCUT2D eigenvalue weighted by Gasteiger charge is 2.34. The molecule has 0 N–H and O–H groups in total. The van der Waals surface area contributed by atoms with Crippen molar-refractivity contribution in [3.05, 3.63) is 76.0 Å². The summed E-state index contributed by atoms with van der Waals surface area (Å²) in [5.74, 6) is 1.66. The second-order valence-corrected chi connectivity index (χ2v) is 10.3. The molecule has 0 saturated carbocycles. The molecule has 2 heterocycles. The van der Waals surface area contributed by atoms with Gasteiger partial charge in [0.05, 0.1) is 60.5 Å². The van der Waals surface area contributed by atoms with Gasteiger partial charge in [-0.25, -0.2) is 9.79 Å². The molecule has 0 bridgehead atoms. The molecule has 1 aliphatic heterocycles. The van der Waals surface area contributed by atoms with E-state index < -0.39 is 12.0 Å². The van der Waals surface area contributed by atoms with Crippen LogP contribution in [0.2, 0.25) is 0 Å². The van der Waals surface area contributed by atoms with Gasteiger partial charge in [0.15, 0.2) is 27.8 Å². The Bertz CT molecular complexity index is 1610. The van der Waals surface area contributed by atoms with Crippen LogP contribution in [0, 0.1) is 3.57 Å². The number of hydrogen-bond donors (Lipinski definition) is 0. The lowest BCUT2D eigenvalue weighted by Crippen LogP contribution is -2.40. The van der Waals surface area contributed by atoms with Gasteiger partial charge < -0.3 is 23.7 Å². The maximum atomic E-state index is 13.9. The molecule has 200 valence electrons. The van der Waals surface area contributed by atoms with Gasteiger partial charge in [-0.15, -0.1) is 0 Å². The van der Waals surface area contributed by atoms with Crippen molar-refractivity contribution in [2.45, 2.75) is 19.9 Å². The highest BCUT2D eigenvalue weighted by atomic mass is 127. The number of carbonyl (C=O) groups is 1. The molecule has 0 spiro atoms. The Morgan fingerprint density at radius 2 is 1.76 bits per heavy atom. The van der Waals surface area contributed by atoms with Gasteiger partial charge in [0, 0.05) is 0 Å². The Morgan fingerprint density at radius 3 is 2.39 bits per heavy atom. The van der Waals surface area contributed by atoms with E-state index in [0.717, 1.165) is 9.13 Å². The number of aromatic nitrogens is 1. The third-order valence-corrected chi connectivity index (χ3v) is 7.78. The van der Waals surface area contributed by atoms with Gasteiger partial charge >= 0.3 is 5.97 Å². The second kappa shape index (κ2) is 11.6. The second-order valence-electron chi connectivity index (χ2n) is 8.15. The number of nitrogens with zero attached hydrogens (tertiary/aromatic N) is 2. The van der Waals surface area contributed by atoms with E-state index in [2.05, 4.69) is 27.6 Å². The van der Waals surface area contributed by atoms with E-state index in [1.807, 2.05) is 6.07 Å². The predicted molar refractivity (Wildman–Crippen MR) is 152 cm³/mol. The van der Waals surface area contributed by atoms with Gasteiger partial charge in [-0.1, -0.05) is 17.4 Å². The summed E-state index contributed by atoms with van der Waals surface area (Å²) >= 11 is 3.41. The Hall–Kier alpha value is -3.32. The van der Waals surface area contributed by atoms with E-state index in [0.29, 0.717) is 49.2 Å². The molecule has 3 aromatic rings. The van der Waals surface area contributed by atoms with E-state index >= 15 is 0 Å². The smallest absolute Gasteiger partial charge is 0.338 e. The van der Waals surface area contributed by atoms with Crippen LogP contribution in [0.3, 0.4) is 0 Å². The molecule has 1 atom stereocenters.